The zero-order valence-electron chi connectivity index (χ0n) is 14.8. The number of hydrogen-bond acceptors (Lipinski definition) is 4. The van der Waals surface area contributed by atoms with E-state index in [9.17, 15) is 9.59 Å². The smallest absolute Gasteiger partial charge is 0.311 e. The summed E-state index contributed by atoms with van der Waals surface area (Å²) in [5.74, 6) is -0.232. The van der Waals surface area contributed by atoms with Gasteiger partial charge in [-0.2, -0.15) is 0 Å². The summed E-state index contributed by atoms with van der Waals surface area (Å²) in [4.78, 5) is 24.9. The number of aryl methyl sites for hydroxylation is 3. The molecule has 1 heterocycles. The average Bonchev–Trinajstić information content (AvgIpc) is 2.57. The monoisotopic (exact) mass is 336 g/mol. The molecule has 0 saturated carbocycles. The second-order valence-corrected chi connectivity index (χ2v) is 6.24. The Hall–Kier alpha value is -2.88. The van der Waals surface area contributed by atoms with Gasteiger partial charge in [0.15, 0.2) is 5.76 Å². The summed E-state index contributed by atoms with van der Waals surface area (Å²) in [6, 6.07) is 11.3. The number of ether oxygens (including phenoxy) is 1. The number of rotatable bonds is 3. The van der Waals surface area contributed by atoms with E-state index in [1.807, 2.05) is 57.2 Å². The predicted molar refractivity (Wildman–Crippen MR) is 98.1 cm³/mol. The van der Waals surface area contributed by atoms with E-state index >= 15 is 0 Å². The number of fused-ring (bicyclic) bond motifs is 1. The van der Waals surface area contributed by atoms with Crippen molar-refractivity contribution in [3.8, 4) is 17.1 Å². The van der Waals surface area contributed by atoms with E-state index in [1.54, 1.807) is 6.92 Å². The van der Waals surface area contributed by atoms with Gasteiger partial charge in [-0.1, -0.05) is 42.8 Å². The van der Waals surface area contributed by atoms with Gasteiger partial charge in [0.25, 0.3) is 0 Å². The van der Waals surface area contributed by atoms with Gasteiger partial charge in [0.1, 0.15) is 5.58 Å². The Balaban J connectivity index is 2.36. The van der Waals surface area contributed by atoms with Crippen molar-refractivity contribution in [3.05, 3.63) is 63.3 Å². The lowest BCUT2D eigenvalue weighted by Gasteiger charge is -2.12. The van der Waals surface area contributed by atoms with E-state index in [0.29, 0.717) is 16.5 Å². The van der Waals surface area contributed by atoms with Crippen LogP contribution in [0.2, 0.25) is 0 Å². The largest absolute Gasteiger partial charge is 0.452 e. The first kappa shape index (κ1) is 17.0. The van der Waals surface area contributed by atoms with Gasteiger partial charge in [-0.3, -0.25) is 9.59 Å². The van der Waals surface area contributed by atoms with E-state index in [2.05, 4.69) is 0 Å². The summed E-state index contributed by atoms with van der Waals surface area (Å²) in [6.07, 6.45) is 0.178. The Morgan fingerprint density at radius 3 is 2.36 bits per heavy atom. The lowest BCUT2D eigenvalue weighted by Crippen LogP contribution is -2.15. The van der Waals surface area contributed by atoms with Gasteiger partial charge in [0.2, 0.25) is 11.2 Å². The molecule has 3 rings (SSSR count). The third-order valence-corrected chi connectivity index (χ3v) is 4.11. The van der Waals surface area contributed by atoms with E-state index in [1.165, 1.54) is 0 Å². The Bertz CT molecular complexity index is 1010. The van der Waals surface area contributed by atoms with Crippen LogP contribution >= 0.6 is 0 Å². The van der Waals surface area contributed by atoms with Gasteiger partial charge < -0.3 is 9.15 Å². The maximum atomic E-state index is 13.0. The summed E-state index contributed by atoms with van der Waals surface area (Å²) in [5, 5.41) is 0.445. The van der Waals surface area contributed by atoms with Crippen molar-refractivity contribution in [2.75, 3.05) is 0 Å². The predicted octanol–water partition coefficient (Wildman–Crippen LogP) is 4.70. The summed E-state index contributed by atoms with van der Waals surface area (Å²) in [5.41, 5.74) is 3.76. The molecule has 0 aliphatic heterocycles. The molecule has 128 valence electrons. The Morgan fingerprint density at radius 2 is 1.72 bits per heavy atom. The number of hydrogen-bond donors (Lipinski definition) is 0. The molecule has 0 N–H and O–H groups in total. The minimum absolute atomic E-state index is 0.0462. The molecule has 2 aromatic carbocycles. The van der Waals surface area contributed by atoms with Crippen LogP contribution in [0.5, 0.6) is 5.75 Å². The highest BCUT2D eigenvalue weighted by Crippen LogP contribution is 2.32. The molecule has 1 aromatic heterocycles. The van der Waals surface area contributed by atoms with Crippen molar-refractivity contribution in [2.45, 2.75) is 34.1 Å². The van der Waals surface area contributed by atoms with Crippen molar-refractivity contribution in [2.24, 2.45) is 0 Å². The van der Waals surface area contributed by atoms with Gasteiger partial charge in [-0.05, 0) is 38.0 Å². The van der Waals surface area contributed by atoms with Crippen molar-refractivity contribution >= 4 is 16.9 Å². The first-order valence-corrected chi connectivity index (χ1v) is 8.26. The quantitative estimate of drug-likeness (QED) is 0.651. The highest BCUT2D eigenvalue weighted by Gasteiger charge is 2.21. The van der Waals surface area contributed by atoms with Crippen molar-refractivity contribution in [3.63, 3.8) is 0 Å². The van der Waals surface area contributed by atoms with Crippen LogP contribution in [-0.4, -0.2) is 5.97 Å². The van der Waals surface area contributed by atoms with Gasteiger partial charge >= 0.3 is 5.97 Å². The zero-order chi connectivity index (χ0) is 18.1. The molecule has 0 amide bonds. The molecule has 0 saturated heterocycles. The SMILES string of the molecule is CCC(=O)Oc1c(-c2ccc(C)cc2)oc2cc(C)cc(C)c2c1=O. The fourth-order valence-electron chi connectivity index (χ4n) is 2.85. The molecule has 0 atom stereocenters. The summed E-state index contributed by atoms with van der Waals surface area (Å²) >= 11 is 0. The number of esters is 1. The van der Waals surface area contributed by atoms with Gasteiger partial charge in [-0.25, -0.2) is 0 Å². The number of benzene rings is 2. The summed E-state index contributed by atoms with van der Waals surface area (Å²) in [7, 11) is 0. The van der Waals surface area contributed by atoms with Crippen LogP contribution in [0.15, 0.2) is 45.6 Å². The standard InChI is InChI=1S/C21H20O4/c1-5-17(22)25-21-19(23)18-14(4)10-13(3)11-16(18)24-20(21)15-8-6-12(2)7-9-15/h6-11H,5H2,1-4H3. The molecule has 0 aliphatic carbocycles. The van der Waals surface area contributed by atoms with E-state index in [0.717, 1.165) is 16.7 Å². The number of carbonyl (C=O) groups excluding carboxylic acids is 1. The molecule has 0 fully saturated rings. The highest BCUT2D eigenvalue weighted by molar-refractivity contribution is 5.86. The third-order valence-electron chi connectivity index (χ3n) is 4.11. The topological polar surface area (TPSA) is 56.5 Å². The van der Waals surface area contributed by atoms with Crippen LogP contribution in [0, 0.1) is 20.8 Å². The molecular weight excluding hydrogens is 316 g/mol. The number of carbonyl (C=O) groups is 1. The second kappa shape index (κ2) is 6.55. The molecule has 0 spiro atoms. The molecule has 0 radical (unpaired) electrons. The zero-order valence-corrected chi connectivity index (χ0v) is 14.8. The molecule has 4 nitrogen and oxygen atoms in total. The third kappa shape index (κ3) is 3.20. The molecule has 25 heavy (non-hydrogen) atoms. The van der Waals surface area contributed by atoms with Crippen LogP contribution in [0.3, 0.4) is 0 Å². The van der Waals surface area contributed by atoms with Crippen LogP contribution < -0.4 is 10.2 Å². The van der Waals surface area contributed by atoms with Crippen molar-refractivity contribution in [1.82, 2.24) is 0 Å². The van der Waals surface area contributed by atoms with Crippen LogP contribution in [0.4, 0.5) is 0 Å². The maximum absolute atomic E-state index is 13.0. The fourth-order valence-corrected chi connectivity index (χ4v) is 2.85. The Morgan fingerprint density at radius 1 is 1.04 bits per heavy atom. The molecule has 4 heteroatoms. The highest BCUT2D eigenvalue weighted by atomic mass is 16.5. The average molecular weight is 336 g/mol. The molecule has 0 bridgehead atoms. The summed E-state index contributed by atoms with van der Waals surface area (Å²) < 4.78 is 11.4. The molecular formula is C21H20O4. The van der Waals surface area contributed by atoms with Crippen LogP contribution in [0.25, 0.3) is 22.3 Å². The Labute approximate surface area is 146 Å². The van der Waals surface area contributed by atoms with Crippen molar-refractivity contribution in [1.29, 1.82) is 0 Å². The fraction of sp³-hybridized carbons (Fsp3) is 0.238. The van der Waals surface area contributed by atoms with Gasteiger partial charge in [0.05, 0.1) is 5.39 Å². The molecule has 0 unspecified atom stereocenters. The first-order chi connectivity index (χ1) is 11.9. The Kier molecular flexibility index (Phi) is 4.45. The van der Waals surface area contributed by atoms with Gasteiger partial charge in [-0.15, -0.1) is 0 Å². The van der Waals surface area contributed by atoms with E-state index < -0.39 is 5.97 Å². The lowest BCUT2D eigenvalue weighted by molar-refractivity contribution is -0.134. The lowest BCUT2D eigenvalue weighted by atomic mass is 10.0. The van der Waals surface area contributed by atoms with Crippen LogP contribution in [-0.2, 0) is 4.79 Å². The minimum Gasteiger partial charge on any atom is -0.452 e. The van der Waals surface area contributed by atoms with Gasteiger partial charge in [0, 0.05) is 12.0 Å². The van der Waals surface area contributed by atoms with Crippen molar-refractivity contribution < 1.29 is 13.9 Å². The molecule has 0 aliphatic rings. The molecule has 3 aromatic rings. The maximum Gasteiger partial charge on any atom is 0.311 e. The van der Waals surface area contributed by atoms with E-state index in [-0.39, 0.29) is 23.4 Å². The first-order valence-electron chi connectivity index (χ1n) is 8.26. The van der Waals surface area contributed by atoms with Crippen LogP contribution in [0.1, 0.15) is 30.0 Å². The minimum atomic E-state index is -0.468. The normalized spacial score (nSPS) is 10.9. The summed E-state index contributed by atoms with van der Waals surface area (Å²) in [6.45, 7) is 7.46. The van der Waals surface area contributed by atoms with E-state index in [4.69, 9.17) is 9.15 Å². The second-order valence-electron chi connectivity index (χ2n) is 6.24.